The lowest BCUT2D eigenvalue weighted by molar-refractivity contribution is 0.0951. The number of rotatable bonds is 7. The first-order chi connectivity index (χ1) is 15.6. The number of alkyl halides is 1. The lowest BCUT2D eigenvalue weighted by Gasteiger charge is -2.29. The van der Waals surface area contributed by atoms with Gasteiger partial charge in [0.25, 0.3) is 5.91 Å². The number of hydrogen-bond acceptors (Lipinski definition) is 5. The molecule has 162 valence electrons. The van der Waals surface area contributed by atoms with Gasteiger partial charge in [0.2, 0.25) is 0 Å². The van der Waals surface area contributed by atoms with Gasteiger partial charge in [-0.3, -0.25) is 23.3 Å². The maximum absolute atomic E-state index is 13.1. The van der Waals surface area contributed by atoms with Crippen LogP contribution < -0.4 is 9.62 Å². The van der Waals surface area contributed by atoms with Crippen LogP contribution >= 0.6 is 22.6 Å². The van der Waals surface area contributed by atoms with Crippen LogP contribution in [0.25, 0.3) is 11.0 Å². The fraction of sp³-hybridized carbons (Fsp3) is 0.0870. The predicted molar refractivity (Wildman–Crippen MR) is 132 cm³/mol. The number of carbonyl (C=O) groups excluding carboxylic acids is 1. The zero-order valence-electron chi connectivity index (χ0n) is 16.8. The van der Waals surface area contributed by atoms with E-state index in [9.17, 15) is 13.6 Å². The maximum atomic E-state index is 13.1. The van der Waals surface area contributed by atoms with E-state index in [1.165, 1.54) is 6.20 Å². The minimum absolute atomic E-state index is 0.250. The molecule has 0 aliphatic carbocycles. The maximum Gasteiger partial charge on any atom is 0.253 e. The summed E-state index contributed by atoms with van der Waals surface area (Å²) in [6.07, 6.45) is 3.05. The molecule has 1 unspecified atom stereocenters. The molecule has 0 aliphatic heterocycles. The Kier molecular flexibility index (Phi) is 7.08. The van der Waals surface area contributed by atoms with Crippen molar-refractivity contribution in [2.24, 2.45) is 0 Å². The molecule has 0 fully saturated rings. The molecule has 3 aromatic carbocycles. The van der Waals surface area contributed by atoms with E-state index in [0.717, 1.165) is 15.4 Å². The van der Waals surface area contributed by atoms with Crippen LogP contribution in [0.2, 0.25) is 0 Å². The van der Waals surface area contributed by atoms with Gasteiger partial charge in [-0.1, -0.05) is 65.1 Å². The zero-order valence-corrected chi connectivity index (χ0v) is 19.7. The molecule has 1 N–H and O–H groups in total. The number of carbonyl (C=O) groups is 1. The Morgan fingerprint density at radius 2 is 1.75 bits per heavy atom. The second-order valence-electron chi connectivity index (χ2n) is 6.87. The second kappa shape index (κ2) is 10.2. The smallest absolute Gasteiger partial charge is 0.253 e. The summed E-state index contributed by atoms with van der Waals surface area (Å²) in [6.45, 7) is 0.327. The molecule has 1 amide bonds. The van der Waals surface area contributed by atoms with Crippen molar-refractivity contribution in [1.29, 1.82) is 0 Å². The van der Waals surface area contributed by atoms with E-state index < -0.39 is 11.3 Å². The molecule has 0 radical (unpaired) electrons. The average molecular weight is 557 g/mol. The van der Waals surface area contributed by atoms with Crippen molar-refractivity contribution in [1.82, 2.24) is 15.3 Å². The minimum atomic E-state index is -2.71. The standard InChI is InChI=1S/C23H19IN4O3S/c24-14-17-9-10-18(23(29)27-15-16-5-2-1-3-6-16)21(13-17)28(32(30)31)20-8-4-7-19-22(20)26-12-11-25-19/h1-13H,14-15H2,(H,27,29)(H,30,31)/p-1. The summed E-state index contributed by atoms with van der Waals surface area (Å²) in [5.74, 6) is -0.370. The van der Waals surface area contributed by atoms with Crippen molar-refractivity contribution in [3.8, 4) is 0 Å². The highest BCUT2D eigenvalue weighted by molar-refractivity contribution is 14.1. The molecular weight excluding hydrogens is 539 g/mol. The second-order valence-corrected chi connectivity index (χ2v) is 8.43. The number of hydrogen-bond donors (Lipinski definition) is 1. The first-order valence-corrected chi connectivity index (χ1v) is 12.2. The predicted octanol–water partition coefficient (Wildman–Crippen LogP) is 4.43. The van der Waals surface area contributed by atoms with Gasteiger partial charge in [0, 0.05) is 23.4 Å². The molecule has 1 heterocycles. The van der Waals surface area contributed by atoms with E-state index in [4.69, 9.17) is 0 Å². The molecule has 9 heteroatoms. The molecule has 0 spiro atoms. The number of anilines is 2. The number of halogens is 1. The Morgan fingerprint density at radius 3 is 2.50 bits per heavy atom. The van der Waals surface area contributed by atoms with Crippen LogP contribution in [-0.4, -0.2) is 24.6 Å². The zero-order chi connectivity index (χ0) is 22.5. The van der Waals surface area contributed by atoms with E-state index in [0.29, 0.717) is 27.7 Å². The third-order valence-corrected chi connectivity index (χ3v) is 6.39. The highest BCUT2D eigenvalue weighted by atomic mass is 127. The Bertz CT molecular complexity index is 1280. The molecule has 4 aromatic rings. The third kappa shape index (κ3) is 4.79. The van der Waals surface area contributed by atoms with Crippen LogP contribution in [0.1, 0.15) is 21.5 Å². The first-order valence-electron chi connectivity index (χ1n) is 9.68. The topological polar surface area (TPSA) is 98.2 Å². The van der Waals surface area contributed by atoms with Crippen LogP contribution in [0, 0.1) is 0 Å². The number of nitrogens with zero attached hydrogens (tertiary/aromatic N) is 3. The van der Waals surface area contributed by atoms with Crippen molar-refractivity contribution in [2.75, 3.05) is 4.31 Å². The molecule has 4 rings (SSSR count). The van der Waals surface area contributed by atoms with Gasteiger partial charge in [-0.25, -0.2) is 0 Å². The van der Waals surface area contributed by atoms with E-state index in [1.807, 2.05) is 36.4 Å². The molecule has 0 bridgehead atoms. The van der Waals surface area contributed by atoms with Gasteiger partial charge < -0.3 is 9.87 Å². The lowest BCUT2D eigenvalue weighted by atomic mass is 10.1. The summed E-state index contributed by atoms with van der Waals surface area (Å²) in [4.78, 5) is 21.7. The number of para-hydroxylation sites is 1. The average Bonchev–Trinajstić information content (AvgIpc) is 2.83. The fourth-order valence-electron chi connectivity index (χ4n) is 3.33. The molecule has 7 nitrogen and oxygen atoms in total. The number of fused-ring (bicyclic) bond motifs is 1. The Balaban J connectivity index is 1.79. The number of nitrogens with one attached hydrogen (secondary N) is 1. The molecule has 0 saturated carbocycles. The van der Waals surface area contributed by atoms with E-state index in [2.05, 4.69) is 37.9 Å². The van der Waals surface area contributed by atoms with Crippen LogP contribution in [-0.2, 0) is 22.2 Å². The first kappa shape index (κ1) is 22.3. The lowest BCUT2D eigenvalue weighted by Crippen LogP contribution is -2.27. The summed E-state index contributed by atoms with van der Waals surface area (Å²) in [5.41, 5.74) is 3.65. The fourth-order valence-corrected chi connectivity index (χ4v) is 4.42. The highest BCUT2D eigenvalue weighted by Crippen LogP contribution is 2.35. The van der Waals surface area contributed by atoms with E-state index >= 15 is 0 Å². The van der Waals surface area contributed by atoms with Gasteiger partial charge in [-0.05, 0) is 35.4 Å². The summed E-state index contributed by atoms with van der Waals surface area (Å²) in [5, 5.41) is 2.88. The van der Waals surface area contributed by atoms with Crippen molar-refractivity contribution < 1.29 is 13.6 Å². The van der Waals surface area contributed by atoms with Crippen LogP contribution in [0.3, 0.4) is 0 Å². The number of benzene rings is 3. The van der Waals surface area contributed by atoms with Crippen LogP contribution in [0.5, 0.6) is 0 Å². The quantitative estimate of drug-likeness (QED) is 0.206. The van der Waals surface area contributed by atoms with Crippen molar-refractivity contribution in [2.45, 2.75) is 11.0 Å². The SMILES string of the molecule is O=C(NCc1ccccc1)c1ccc(CI)cc1N(c1cccc2nccnc12)S(=O)[O-]. The Labute approximate surface area is 201 Å². The summed E-state index contributed by atoms with van der Waals surface area (Å²) < 4.78 is 26.6. The summed E-state index contributed by atoms with van der Waals surface area (Å²) in [7, 11) is 0. The highest BCUT2D eigenvalue weighted by Gasteiger charge is 2.22. The summed E-state index contributed by atoms with van der Waals surface area (Å²) >= 11 is -0.508. The van der Waals surface area contributed by atoms with Crippen LogP contribution in [0.15, 0.2) is 79.1 Å². The van der Waals surface area contributed by atoms with Crippen molar-refractivity contribution in [3.05, 3.63) is 95.8 Å². The molecule has 32 heavy (non-hydrogen) atoms. The van der Waals surface area contributed by atoms with Gasteiger partial charge in [0.15, 0.2) is 0 Å². The molecule has 1 atom stereocenters. The summed E-state index contributed by atoms with van der Waals surface area (Å²) in [6, 6.07) is 19.8. The third-order valence-electron chi connectivity index (χ3n) is 4.82. The molecule has 0 aliphatic rings. The van der Waals surface area contributed by atoms with Crippen molar-refractivity contribution >= 4 is 62.2 Å². The van der Waals surface area contributed by atoms with Gasteiger partial charge in [0.05, 0.1) is 33.7 Å². The Morgan fingerprint density at radius 1 is 0.969 bits per heavy atom. The van der Waals surface area contributed by atoms with Gasteiger partial charge in [0.1, 0.15) is 5.52 Å². The molecule has 1 aromatic heterocycles. The Hall–Kier alpha value is -2.89. The number of aromatic nitrogens is 2. The molecular formula is C23H18IN4O3S-. The van der Waals surface area contributed by atoms with E-state index in [1.54, 1.807) is 36.5 Å². The van der Waals surface area contributed by atoms with E-state index in [-0.39, 0.29) is 17.2 Å². The minimum Gasteiger partial charge on any atom is -0.755 e. The molecule has 0 saturated heterocycles. The van der Waals surface area contributed by atoms with Crippen LogP contribution in [0.4, 0.5) is 11.4 Å². The number of amides is 1. The van der Waals surface area contributed by atoms with Gasteiger partial charge >= 0.3 is 0 Å². The van der Waals surface area contributed by atoms with Gasteiger partial charge in [-0.2, -0.15) is 0 Å². The monoisotopic (exact) mass is 557 g/mol. The normalized spacial score (nSPS) is 11.8. The largest absolute Gasteiger partial charge is 0.755 e. The van der Waals surface area contributed by atoms with Crippen molar-refractivity contribution in [3.63, 3.8) is 0 Å². The van der Waals surface area contributed by atoms with Gasteiger partial charge in [-0.15, -0.1) is 0 Å².